The molecule has 5 nitrogen and oxygen atoms in total. The number of methoxy groups -OCH3 is 1. The van der Waals surface area contributed by atoms with E-state index in [9.17, 15) is 13.2 Å². The molecule has 0 aromatic carbocycles. The molecule has 0 atom stereocenters. The van der Waals surface area contributed by atoms with Gasteiger partial charge in [-0.25, -0.2) is 4.98 Å². The number of ether oxygens (including phenoxy) is 1. The zero-order chi connectivity index (χ0) is 16.0. The molecule has 1 N–H and O–H groups in total. The summed E-state index contributed by atoms with van der Waals surface area (Å²) in [5.74, 6) is 0.475. The summed E-state index contributed by atoms with van der Waals surface area (Å²) < 4.78 is 43.7. The van der Waals surface area contributed by atoms with Crippen LogP contribution in [0.25, 0.3) is 0 Å². The molecule has 1 rings (SSSR count). The molecular formula is C13H21F3N4O. The molecule has 0 unspecified atom stereocenters. The molecule has 0 spiro atoms. The average molecular weight is 306 g/mol. The number of rotatable bonds is 7. The van der Waals surface area contributed by atoms with Crippen molar-refractivity contribution in [2.24, 2.45) is 5.92 Å². The molecule has 0 aliphatic heterocycles. The standard InChI is InChI=1S/C13H21F3N4O/c1-9(2)8-20(5-6-21-4)11-7-10(13(14,15)16)18-12(17-3)19-11/h7,9H,5-6,8H2,1-4H3,(H,17,18,19). The fourth-order valence-electron chi connectivity index (χ4n) is 1.80. The Balaban J connectivity index is 3.16. The zero-order valence-corrected chi connectivity index (χ0v) is 12.7. The lowest BCUT2D eigenvalue weighted by Gasteiger charge is -2.26. The molecule has 0 saturated heterocycles. The van der Waals surface area contributed by atoms with Crippen LogP contribution in [0.1, 0.15) is 19.5 Å². The van der Waals surface area contributed by atoms with E-state index in [0.717, 1.165) is 6.07 Å². The number of anilines is 2. The minimum Gasteiger partial charge on any atom is -0.383 e. The highest BCUT2D eigenvalue weighted by molar-refractivity contribution is 5.45. The number of halogens is 3. The minimum absolute atomic E-state index is 0.0500. The number of aromatic nitrogens is 2. The third-order valence-electron chi connectivity index (χ3n) is 2.70. The van der Waals surface area contributed by atoms with Crippen LogP contribution in [-0.2, 0) is 10.9 Å². The molecular weight excluding hydrogens is 285 g/mol. The van der Waals surface area contributed by atoms with Crippen molar-refractivity contribution >= 4 is 11.8 Å². The molecule has 0 amide bonds. The van der Waals surface area contributed by atoms with Crippen LogP contribution in [0.5, 0.6) is 0 Å². The van der Waals surface area contributed by atoms with Crippen molar-refractivity contribution in [1.29, 1.82) is 0 Å². The van der Waals surface area contributed by atoms with Crippen molar-refractivity contribution < 1.29 is 17.9 Å². The van der Waals surface area contributed by atoms with Gasteiger partial charge in [-0.2, -0.15) is 18.2 Å². The monoisotopic (exact) mass is 306 g/mol. The second-order valence-corrected chi connectivity index (χ2v) is 5.02. The van der Waals surface area contributed by atoms with Gasteiger partial charge in [-0.15, -0.1) is 0 Å². The van der Waals surface area contributed by atoms with E-state index in [-0.39, 0.29) is 17.7 Å². The summed E-state index contributed by atoms with van der Waals surface area (Å²) in [6.45, 7) is 5.44. The Morgan fingerprint density at radius 1 is 1.33 bits per heavy atom. The van der Waals surface area contributed by atoms with E-state index in [0.29, 0.717) is 19.7 Å². The molecule has 0 saturated carbocycles. The quantitative estimate of drug-likeness (QED) is 0.839. The fourth-order valence-corrected chi connectivity index (χ4v) is 1.80. The van der Waals surface area contributed by atoms with Gasteiger partial charge in [0.05, 0.1) is 6.61 Å². The SMILES string of the molecule is CNc1nc(N(CCOC)CC(C)C)cc(C(F)(F)F)n1. The summed E-state index contributed by atoms with van der Waals surface area (Å²) in [5, 5.41) is 2.56. The molecule has 120 valence electrons. The molecule has 8 heteroatoms. The Hall–Kier alpha value is -1.57. The predicted molar refractivity (Wildman–Crippen MR) is 75.5 cm³/mol. The van der Waals surface area contributed by atoms with Crippen LogP contribution in [0.3, 0.4) is 0 Å². The second kappa shape index (κ2) is 7.44. The molecule has 0 radical (unpaired) electrons. The third-order valence-corrected chi connectivity index (χ3v) is 2.70. The van der Waals surface area contributed by atoms with Crippen LogP contribution in [0, 0.1) is 5.92 Å². The first kappa shape index (κ1) is 17.5. The molecule has 0 fully saturated rings. The van der Waals surface area contributed by atoms with E-state index in [1.807, 2.05) is 13.8 Å². The first-order valence-electron chi connectivity index (χ1n) is 6.65. The normalized spacial score (nSPS) is 11.8. The van der Waals surface area contributed by atoms with Crippen LogP contribution >= 0.6 is 0 Å². The van der Waals surface area contributed by atoms with Crippen molar-refractivity contribution in [3.8, 4) is 0 Å². The van der Waals surface area contributed by atoms with Gasteiger partial charge in [0.25, 0.3) is 0 Å². The number of hydrogen-bond donors (Lipinski definition) is 1. The highest BCUT2D eigenvalue weighted by Gasteiger charge is 2.34. The summed E-state index contributed by atoms with van der Waals surface area (Å²) in [5.41, 5.74) is -0.956. The van der Waals surface area contributed by atoms with E-state index >= 15 is 0 Å². The summed E-state index contributed by atoms with van der Waals surface area (Å²) in [6.07, 6.45) is -4.51. The molecule has 1 heterocycles. The summed E-state index contributed by atoms with van der Waals surface area (Å²) in [4.78, 5) is 9.35. The van der Waals surface area contributed by atoms with Gasteiger partial charge in [-0.1, -0.05) is 13.8 Å². The van der Waals surface area contributed by atoms with Crippen LogP contribution < -0.4 is 10.2 Å². The van der Waals surface area contributed by atoms with E-state index in [4.69, 9.17) is 4.74 Å². The molecule has 21 heavy (non-hydrogen) atoms. The molecule has 1 aromatic rings. The molecule has 1 aromatic heterocycles. The van der Waals surface area contributed by atoms with Crippen LogP contribution in [0.4, 0.5) is 24.9 Å². The highest BCUT2D eigenvalue weighted by atomic mass is 19.4. The van der Waals surface area contributed by atoms with Gasteiger partial charge in [0.1, 0.15) is 5.82 Å². The first-order valence-corrected chi connectivity index (χ1v) is 6.65. The van der Waals surface area contributed by atoms with Crippen molar-refractivity contribution in [3.05, 3.63) is 11.8 Å². The van der Waals surface area contributed by atoms with Crippen LogP contribution in [0.15, 0.2) is 6.07 Å². The predicted octanol–water partition coefficient (Wildman–Crippen LogP) is 2.65. The van der Waals surface area contributed by atoms with Gasteiger partial charge < -0.3 is 15.0 Å². The largest absolute Gasteiger partial charge is 0.433 e. The summed E-state index contributed by atoms with van der Waals surface area (Å²) in [7, 11) is 3.04. The Morgan fingerprint density at radius 3 is 2.48 bits per heavy atom. The van der Waals surface area contributed by atoms with E-state index in [1.165, 1.54) is 7.05 Å². The van der Waals surface area contributed by atoms with E-state index in [1.54, 1.807) is 12.0 Å². The summed E-state index contributed by atoms with van der Waals surface area (Å²) in [6, 6.07) is 0.971. The lowest BCUT2D eigenvalue weighted by molar-refractivity contribution is -0.141. The van der Waals surface area contributed by atoms with Gasteiger partial charge in [-0.3, -0.25) is 0 Å². The first-order chi connectivity index (χ1) is 9.77. The third kappa shape index (κ3) is 5.37. The number of nitrogens with one attached hydrogen (secondary N) is 1. The fraction of sp³-hybridized carbons (Fsp3) is 0.692. The Bertz CT molecular complexity index is 452. The Morgan fingerprint density at radius 2 is 2.00 bits per heavy atom. The maximum atomic E-state index is 12.9. The minimum atomic E-state index is -4.51. The van der Waals surface area contributed by atoms with Gasteiger partial charge in [0, 0.05) is 33.3 Å². The van der Waals surface area contributed by atoms with Crippen molar-refractivity contribution in [3.63, 3.8) is 0 Å². The van der Waals surface area contributed by atoms with Gasteiger partial charge in [-0.05, 0) is 5.92 Å². The van der Waals surface area contributed by atoms with Gasteiger partial charge in [0.15, 0.2) is 5.69 Å². The topological polar surface area (TPSA) is 50.3 Å². The van der Waals surface area contributed by atoms with Crippen molar-refractivity contribution in [2.75, 3.05) is 44.1 Å². The Labute approximate surface area is 122 Å². The molecule has 0 bridgehead atoms. The lowest BCUT2D eigenvalue weighted by atomic mass is 10.2. The highest BCUT2D eigenvalue weighted by Crippen LogP contribution is 2.30. The van der Waals surface area contributed by atoms with E-state index in [2.05, 4.69) is 15.3 Å². The second-order valence-electron chi connectivity index (χ2n) is 5.02. The maximum absolute atomic E-state index is 12.9. The lowest BCUT2D eigenvalue weighted by Crippen LogP contribution is -2.32. The van der Waals surface area contributed by atoms with Gasteiger partial charge >= 0.3 is 6.18 Å². The molecule has 0 aliphatic rings. The number of nitrogens with zero attached hydrogens (tertiary/aromatic N) is 3. The van der Waals surface area contributed by atoms with Crippen LogP contribution in [-0.4, -0.2) is 43.8 Å². The van der Waals surface area contributed by atoms with Crippen LogP contribution in [0.2, 0.25) is 0 Å². The van der Waals surface area contributed by atoms with Crippen molar-refractivity contribution in [2.45, 2.75) is 20.0 Å². The van der Waals surface area contributed by atoms with E-state index < -0.39 is 11.9 Å². The average Bonchev–Trinajstić information content (AvgIpc) is 2.41. The smallest absolute Gasteiger partial charge is 0.383 e. The number of hydrogen-bond acceptors (Lipinski definition) is 5. The van der Waals surface area contributed by atoms with Crippen molar-refractivity contribution in [1.82, 2.24) is 9.97 Å². The molecule has 0 aliphatic carbocycles. The van der Waals surface area contributed by atoms with Gasteiger partial charge in [0.2, 0.25) is 5.95 Å². The summed E-state index contributed by atoms with van der Waals surface area (Å²) >= 11 is 0. The zero-order valence-electron chi connectivity index (χ0n) is 12.7. The Kier molecular flexibility index (Phi) is 6.19. The number of alkyl halides is 3. The maximum Gasteiger partial charge on any atom is 0.433 e.